The van der Waals surface area contributed by atoms with E-state index in [0.717, 1.165) is 5.56 Å². The van der Waals surface area contributed by atoms with Crippen molar-refractivity contribution >= 4 is 40.9 Å². The second-order valence-electron chi connectivity index (χ2n) is 4.90. The summed E-state index contributed by atoms with van der Waals surface area (Å²) in [5.41, 5.74) is 1.80. The number of rotatable bonds is 7. The van der Waals surface area contributed by atoms with Crippen molar-refractivity contribution in [2.45, 2.75) is 12.7 Å². The molecule has 0 aliphatic heterocycles. The molecule has 2 aromatic rings. The van der Waals surface area contributed by atoms with Crippen LogP contribution in [0.4, 0.5) is 5.69 Å². The minimum atomic E-state index is -0.447. The maximum absolute atomic E-state index is 12.1. The Morgan fingerprint density at radius 1 is 1.12 bits per heavy atom. The molecule has 0 fully saturated rings. The Balaban J connectivity index is 1.91. The lowest BCUT2D eigenvalue weighted by atomic mass is 10.2. The molecule has 0 unspecified atom stereocenters. The predicted octanol–water partition coefficient (Wildman–Crippen LogP) is 4.39. The number of halogens is 1. The normalized spacial score (nSPS) is 10.2. The molecule has 0 bridgehead atoms. The first kappa shape index (κ1) is 18.4. The minimum Gasteiger partial charge on any atom is -0.462 e. The van der Waals surface area contributed by atoms with Gasteiger partial charge in [-0.3, -0.25) is 4.79 Å². The van der Waals surface area contributed by atoms with E-state index >= 15 is 0 Å². The summed E-state index contributed by atoms with van der Waals surface area (Å²) >= 11 is 7.55. The van der Waals surface area contributed by atoms with Gasteiger partial charge in [-0.05, 0) is 30.7 Å². The molecule has 0 radical (unpaired) electrons. The lowest BCUT2D eigenvalue weighted by molar-refractivity contribution is -0.113. The highest BCUT2D eigenvalue weighted by Gasteiger charge is 2.14. The molecule has 1 amide bonds. The molecule has 126 valence electrons. The second-order valence-corrected chi connectivity index (χ2v) is 6.29. The van der Waals surface area contributed by atoms with Gasteiger partial charge < -0.3 is 10.1 Å². The fourth-order valence-corrected chi connectivity index (χ4v) is 3.15. The lowest BCUT2D eigenvalue weighted by Crippen LogP contribution is -2.17. The number of para-hydroxylation sites is 1. The van der Waals surface area contributed by atoms with Gasteiger partial charge >= 0.3 is 5.97 Å². The summed E-state index contributed by atoms with van der Waals surface area (Å²) in [6, 6.07) is 14.3. The van der Waals surface area contributed by atoms with Crippen LogP contribution in [-0.2, 0) is 15.3 Å². The molecule has 0 spiro atoms. The van der Waals surface area contributed by atoms with Crippen LogP contribution in [0, 0.1) is 0 Å². The average Bonchev–Trinajstić information content (AvgIpc) is 2.57. The number of carbonyl (C=O) groups is 2. The first-order valence-corrected chi connectivity index (χ1v) is 9.02. The second kappa shape index (κ2) is 9.35. The van der Waals surface area contributed by atoms with Gasteiger partial charge in [-0.2, -0.15) is 0 Å². The Bertz CT molecular complexity index is 721. The van der Waals surface area contributed by atoms with E-state index in [1.807, 2.05) is 24.3 Å². The van der Waals surface area contributed by atoms with E-state index in [2.05, 4.69) is 5.32 Å². The summed E-state index contributed by atoms with van der Waals surface area (Å²) < 4.78 is 4.99. The van der Waals surface area contributed by atoms with Crippen LogP contribution in [0.5, 0.6) is 0 Å². The summed E-state index contributed by atoms with van der Waals surface area (Å²) in [7, 11) is 0. The smallest absolute Gasteiger partial charge is 0.340 e. The third-order valence-electron chi connectivity index (χ3n) is 3.15. The van der Waals surface area contributed by atoms with Gasteiger partial charge in [0.1, 0.15) is 0 Å². The average molecular weight is 364 g/mol. The largest absolute Gasteiger partial charge is 0.462 e. The Morgan fingerprint density at radius 3 is 2.58 bits per heavy atom. The molecule has 2 aromatic carbocycles. The van der Waals surface area contributed by atoms with E-state index in [4.69, 9.17) is 16.3 Å². The Kier molecular flexibility index (Phi) is 7.15. The number of anilines is 1. The van der Waals surface area contributed by atoms with Crippen LogP contribution < -0.4 is 5.32 Å². The molecule has 6 heteroatoms. The highest BCUT2D eigenvalue weighted by atomic mass is 35.5. The molecule has 1 N–H and O–H groups in total. The van der Waals surface area contributed by atoms with Crippen LogP contribution in [0.2, 0.25) is 5.02 Å². The monoisotopic (exact) mass is 363 g/mol. The van der Waals surface area contributed by atoms with Crippen LogP contribution >= 0.6 is 23.4 Å². The van der Waals surface area contributed by atoms with Crippen molar-refractivity contribution in [1.29, 1.82) is 0 Å². The van der Waals surface area contributed by atoms with Crippen molar-refractivity contribution in [2.75, 3.05) is 17.7 Å². The number of hydrogen-bond donors (Lipinski definition) is 1. The van der Waals surface area contributed by atoms with E-state index in [9.17, 15) is 9.59 Å². The first-order valence-electron chi connectivity index (χ1n) is 7.49. The zero-order valence-electron chi connectivity index (χ0n) is 13.3. The van der Waals surface area contributed by atoms with Gasteiger partial charge in [0.2, 0.25) is 5.91 Å². The third-order valence-corrected chi connectivity index (χ3v) is 4.50. The molecule has 0 aliphatic rings. The molecule has 0 saturated heterocycles. The van der Waals surface area contributed by atoms with Crippen molar-refractivity contribution < 1.29 is 14.3 Å². The fraction of sp³-hybridized carbons (Fsp3) is 0.222. The van der Waals surface area contributed by atoms with Crippen LogP contribution in [0.3, 0.4) is 0 Å². The van der Waals surface area contributed by atoms with Gasteiger partial charge in [-0.25, -0.2) is 4.79 Å². The Hall–Kier alpha value is -1.98. The molecule has 2 rings (SSSR count). The number of carbonyl (C=O) groups excluding carboxylic acids is 2. The quantitative estimate of drug-likeness (QED) is 0.741. The predicted molar refractivity (Wildman–Crippen MR) is 98.6 cm³/mol. The minimum absolute atomic E-state index is 0.177. The van der Waals surface area contributed by atoms with Crippen LogP contribution in [-0.4, -0.2) is 24.2 Å². The maximum Gasteiger partial charge on any atom is 0.340 e. The number of benzene rings is 2. The number of amides is 1. The summed E-state index contributed by atoms with van der Waals surface area (Å²) in [5.74, 6) is 0.288. The first-order chi connectivity index (χ1) is 11.6. The van der Waals surface area contributed by atoms with Gasteiger partial charge in [0.25, 0.3) is 0 Å². The summed E-state index contributed by atoms with van der Waals surface area (Å²) in [4.78, 5) is 24.0. The number of ether oxygens (including phenoxy) is 1. The fourth-order valence-electron chi connectivity index (χ4n) is 2.03. The molecule has 0 saturated carbocycles. The van der Waals surface area contributed by atoms with E-state index in [-0.39, 0.29) is 18.3 Å². The standard InChI is InChI=1S/C18H18ClNO3S/c1-2-23-18(22)14-8-4-6-10-16(14)20-17(21)12-24-11-13-7-3-5-9-15(13)19/h3-10H,2,11-12H2,1H3,(H,20,21). The zero-order chi connectivity index (χ0) is 17.4. The molecule has 4 nitrogen and oxygen atoms in total. The number of esters is 1. The maximum atomic E-state index is 12.1. The molecule has 24 heavy (non-hydrogen) atoms. The molecule has 0 aliphatic carbocycles. The lowest BCUT2D eigenvalue weighted by Gasteiger charge is -2.10. The highest BCUT2D eigenvalue weighted by Crippen LogP contribution is 2.21. The third kappa shape index (κ3) is 5.28. The van der Waals surface area contributed by atoms with E-state index in [0.29, 0.717) is 22.0 Å². The molecule has 0 atom stereocenters. The Morgan fingerprint density at radius 2 is 1.83 bits per heavy atom. The van der Waals surface area contributed by atoms with Crippen LogP contribution in [0.1, 0.15) is 22.8 Å². The van der Waals surface area contributed by atoms with Crippen LogP contribution in [0.25, 0.3) is 0 Å². The number of hydrogen-bond acceptors (Lipinski definition) is 4. The number of thioether (sulfide) groups is 1. The van der Waals surface area contributed by atoms with Crippen molar-refractivity contribution in [3.63, 3.8) is 0 Å². The molecular formula is C18H18ClNO3S. The molecule has 0 aromatic heterocycles. The summed E-state index contributed by atoms with van der Waals surface area (Å²) in [6.45, 7) is 2.03. The van der Waals surface area contributed by atoms with Crippen molar-refractivity contribution in [3.05, 3.63) is 64.7 Å². The number of nitrogens with one attached hydrogen (secondary N) is 1. The van der Waals surface area contributed by atoms with Gasteiger partial charge in [0, 0.05) is 10.8 Å². The van der Waals surface area contributed by atoms with Gasteiger partial charge in [0.15, 0.2) is 0 Å². The van der Waals surface area contributed by atoms with Gasteiger partial charge in [-0.15, -0.1) is 11.8 Å². The summed E-state index contributed by atoms with van der Waals surface area (Å²) in [6.07, 6.45) is 0. The van der Waals surface area contributed by atoms with Crippen molar-refractivity contribution in [2.24, 2.45) is 0 Å². The summed E-state index contributed by atoms with van der Waals surface area (Å²) in [5, 5.41) is 3.45. The molecule has 0 heterocycles. The van der Waals surface area contributed by atoms with Gasteiger partial charge in [0.05, 0.1) is 23.6 Å². The van der Waals surface area contributed by atoms with E-state index in [1.54, 1.807) is 31.2 Å². The zero-order valence-corrected chi connectivity index (χ0v) is 14.8. The van der Waals surface area contributed by atoms with E-state index in [1.165, 1.54) is 11.8 Å². The topological polar surface area (TPSA) is 55.4 Å². The highest BCUT2D eigenvalue weighted by molar-refractivity contribution is 7.99. The van der Waals surface area contributed by atoms with Crippen molar-refractivity contribution in [1.82, 2.24) is 0 Å². The SMILES string of the molecule is CCOC(=O)c1ccccc1NC(=O)CSCc1ccccc1Cl. The van der Waals surface area contributed by atoms with E-state index < -0.39 is 5.97 Å². The Labute approximate surface area is 150 Å². The molecular weight excluding hydrogens is 346 g/mol. The van der Waals surface area contributed by atoms with Crippen LogP contribution in [0.15, 0.2) is 48.5 Å². The van der Waals surface area contributed by atoms with Crippen molar-refractivity contribution in [3.8, 4) is 0 Å². The van der Waals surface area contributed by atoms with Gasteiger partial charge in [-0.1, -0.05) is 41.9 Å².